The van der Waals surface area contributed by atoms with E-state index in [4.69, 9.17) is 4.74 Å². The van der Waals surface area contributed by atoms with Crippen LogP contribution >= 0.6 is 0 Å². The van der Waals surface area contributed by atoms with E-state index in [-0.39, 0.29) is 30.3 Å². The van der Waals surface area contributed by atoms with E-state index in [0.29, 0.717) is 5.69 Å². The third-order valence-corrected chi connectivity index (χ3v) is 5.82. The number of hydrogen-bond donors (Lipinski definition) is 2. The molecule has 0 saturated heterocycles. The van der Waals surface area contributed by atoms with Gasteiger partial charge in [0.1, 0.15) is 18.2 Å². The summed E-state index contributed by atoms with van der Waals surface area (Å²) in [7, 11) is 0. The fourth-order valence-electron chi connectivity index (χ4n) is 3.87. The molecule has 3 atom stereocenters. The average Bonchev–Trinajstić information content (AvgIpc) is 3.47. The molecule has 182 valence electrons. The van der Waals surface area contributed by atoms with Crippen LogP contribution in [0.25, 0.3) is 0 Å². The number of rotatable bonds is 7. The second-order valence-corrected chi connectivity index (χ2v) is 10.1. The highest BCUT2D eigenvalue weighted by Crippen LogP contribution is 2.40. The third-order valence-electron chi connectivity index (χ3n) is 5.82. The Morgan fingerprint density at radius 2 is 1.68 bits per heavy atom. The SMILES string of the molecule is Cc1ccc(C(C(=O)Nc2ccccc2C)N(C(=O)CNC(=O)OC(C)(C)C)C2CC2C)cc1. The van der Waals surface area contributed by atoms with Crippen LogP contribution in [0.1, 0.15) is 56.8 Å². The first-order chi connectivity index (χ1) is 16.0. The van der Waals surface area contributed by atoms with Gasteiger partial charge in [-0.25, -0.2) is 4.79 Å². The lowest BCUT2D eigenvalue weighted by atomic mass is 10.0. The summed E-state index contributed by atoms with van der Waals surface area (Å²) in [4.78, 5) is 40.8. The van der Waals surface area contributed by atoms with Crippen LogP contribution < -0.4 is 10.6 Å². The predicted octanol–water partition coefficient (Wildman–Crippen LogP) is 4.74. The van der Waals surface area contributed by atoms with Gasteiger partial charge in [-0.3, -0.25) is 9.59 Å². The van der Waals surface area contributed by atoms with Crippen molar-refractivity contribution in [2.24, 2.45) is 5.92 Å². The van der Waals surface area contributed by atoms with E-state index >= 15 is 0 Å². The van der Waals surface area contributed by atoms with Crippen LogP contribution in [0.15, 0.2) is 48.5 Å². The molecule has 1 aliphatic rings. The van der Waals surface area contributed by atoms with E-state index in [9.17, 15) is 14.4 Å². The van der Waals surface area contributed by atoms with E-state index in [1.807, 2.05) is 62.4 Å². The van der Waals surface area contributed by atoms with E-state index in [1.54, 1.807) is 25.7 Å². The van der Waals surface area contributed by atoms with Crippen LogP contribution in [0.4, 0.5) is 10.5 Å². The molecule has 1 saturated carbocycles. The van der Waals surface area contributed by atoms with Crippen LogP contribution in [0.2, 0.25) is 0 Å². The van der Waals surface area contributed by atoms with Crippen molar-refractivity contribution in [3.63, 3.8) is 0 Å². The maximum atomic E-state index is 13.6. The lowest BCUT2D eigenvalue weighted by molar-refractivity contribution is -0.139. The summed E-state index contributed by atoms with van der Waals surface area (Å²) in [6.45, 7) is 11.0. The highest BCUT2D eigenvalue weighted by molar-refractivity contribution is 5.99. The Balaban J connectivity index is 1.89. The molecule has 34 heavy (non-hydrogen) atoms. The minimum atomic E-state index is -0.830. The number of nitrogens with zero attached hydrogens (tertiary/aromatic N) is 1. The second-order valence-electron chi connectivity index (χ2n) is 10.1. The average molecular weight is 466 g/mol. The number of hydrogen-bond acceptors (Lipinski definition) is 4. The number of aryl methyl sites for hydroxylation is 2. The van der Waals surface area contributed by atoms with Gasteiger partial charge in [-0.15, -0.1) is 0 Å². The van der Waals surface area contributed by atoms with Crippen molar-refractivity contribution in [2.45, 2.75) is 65.6 Å². The number of ether oxygens (including phenoxy) is 1. The number of carbonyl (C=O) groups is 3. The molecule has 1 fully saturated rings. The largest absolute Gasteiger partial charge is 0.444 e. The smallest absolute Gasteiger partial charge is 0.408 e. The first-order valence-electron chi connectivity index (χ1n) is 11.7. The summed E-state index contributed by atoms with van der Waals surface area (Å²) >= 11 is 0. The summed E-state index contributed by atoms with van der Waals surface area (Å²) in [6, 6.07) is 14.3. The molecule has 0 aliphatic heterocycles. The number of amides is 3. The first-order valence-corrected chi connectivity index (χ1v) is 11.7. The molecule has 2 N–H and O–H groups in total. The van der Waals surface area contributed by atoms with Gasteiger partial charge in [0.2, 0.25) is 5.91 Å². The second kappa shape index (κ2) is 10.3. The minimum absolute atomic E-state index is 0.0816. The number of alkyl carbamates (subject to hydrolysis) is 1. The number of para-hydroxylation sites is 1. The Morgan fingerprint density at radius 3 is 2.24 bits per heavy atom. The van der Waals surface area contributed by atoms with Crippen molar-refractivity contribution >= 4 is 23.6 Å². The Morgan fingerprint density at radius 1 is 1.06 bits per heavy atom. The molecule has 2 aromatic carbocycles. The molecule has 0 heterocycles. The van der Waals surface area contributed by atoms with Gasteiger partial charge in [-0.2, -0.15) is 0 Å². The number of anilines is 1. The van der Waals surface area contributed by atoms with Crippen molar-refractivity contribution in [3.8, 4) is 0 Å². The first kappa shape index (κ1) is 25.3. The third kappa shape index (κ3) is 6.59. The fourth-order valence-corrected chi connectivity index (χ4v) is 3.87. The van der Waals surface area contributed by atoms with Gasteiger partial charge >= 0.3 is 6.09 Å². The lowest BCUT2D eigenvalue weighted by Crippen LogP contribution is -2.48. The topological polar surface area (TPSA) is 87.7 Å². The van der Waals surface area contributed by atoms with Crippen LogP contribution in [0.5, 0.6) is 0 Å². The minimum Gasteiger partial charge on any atom is -0.444 e. The van der Waals surface area contributed by atoms with Gasteiger partial charge in [0.05, 0.1) is 0 Å². The van der Waals surface area contributed by atoms with Crippen molar-refractivity contribution in [1.29, 1.82) is 0 Å². The van der Waals surface area contributed by atoms with E-state index < -0.39 is 17.7 Å². The van der Waals surface area contributed by atoms with Crippen molar-refractivity contribution in [3.05, 3.63) is 65.2 Å². The molecule has 0 spiro atoms. The zero-order valence-corrected chi connectivity index (χ0v) is 20.8. The molecule has 0 radical (unpaired) electrons. The fraction of sp³-hybridized carbons (Fsp3) is 0.444. The zero-order chi connectivity index (χ0) is 25.0. The Labute approximate surface area is 201 Å². The molecule has 0 bridgehead atoms. The molecule has 7 nitrogen and oxygen atoms in total. The van der Waals surface area contributed by atoms with Crippen molar-refractivity contribution < 1.29 is 19.1 Å². The Kier molecular flexibility index (Phi) is 7.64. The van der Waals surface area contributed by atoms with Gasteiger partial charge in [0.25, 0.3) is 5.91 Å². The molecule has 0 aromatic heterocycles. The van der Waals surface area contributed by atoms with Crippen LogP contribution in [-0.4, -0.2) is 41.0 Å². The molecule has 3 rings (SSSR count). The Hall–Kier alpha value is -3.35. The number of carbonyl (C=O) groups excluding carboxylic acids is 3. The maximum absolute atomic E-state index is 13.6. The molecule has 2 aromatic rings. The number of benzene rings is 2. The lowest BCUT2D eigenvalue weighted by Gasteiger charge is -2.32. The van der Waals surface area contributed by atoms with Gasteiger partial charge in [0, 0.05) is 11.7 Å². The van der Waals surface area contributed by atoms with E-state index in [0.717, 1.165) is 23.1 Å². The molecular formula is C27H35N3O4. The summed E-state index contributed by atoms with van der Waals surface area (Å²) in [5.74, 6) is -0.349. The summed E-state index contributed by atoms with van der Waals surface area (Å²) < 4.78 is 5.26. The standard InChI is InChI=1S/C27H35N3O4/c1-17-11-13-20(14-12-17)24(25(32)29-21-10-8-7-9-18(21)2)30(22-15-19(22)3)23(31)16-28-26(33)34-27(4,5)6/h7-14,19,22,24H,15-16H2,1-6H3,(H,28,33)(H,29,32). The highest BCUT2D eigenvalue weighted by atomic mass is 16.6. The number of nitrogens with one attached hydrogen (secondary N) is 2. The highest BCUT2D eigenvalue weighted by Gasteiger charge is 2.46. The van der Waals surface area contributed by atoms with Gasteiger partial charge < -0.3 is 20.3 Å². The molecule has 3 amide bonds. The monoisotopic (exact) mass is 465 g/mol. The quantitative estimate of drug-likeness (QED) is 0.618. The van der Waals surface area contributed by atoms with Crippen LogP contribution in [-0.2, 0) is 14.3 Å². The van der Waals surface area contributed by atoms with Crippen LogP contribution in [0, 0.1) is 19.8 Å². The van der Waals surface area contributed by atoms with Crippen molar-refractivity contribution in [1.82, 2.24) is 10.2 Å². The summed E-state index contributed by atoms with van der Waals surface area (Å²) in [5, 5.41) is 5.55. The van der Waals surface area contributed by atoms with E-state index in [1.165, 1.54) is 0 Å². The van der Waals surface area contributed by atoms with Gasteiger partial charge in [0.15, 0.2) is 0 Å². The zero-order valence-electron chi connectivity index (χ0n) is 20.8. The summed E-state index contributed by atoms with van der Waals surface area (Å²) in [6.07, 6.45) is 0.138. The predicted molar refractivity (Wildman–Crippen MR) is 132 cm³/mol. The maximum Gasteiger partial charge on any atom is 0.408 e. The van der Waals surface area contributed by atoms with Crippen molar-refractivity contribution in [2.75, 3.05) is 11.9 Å². The van der Waals surface area contributed by atoms with Gasteiger partial charge in [-0.1, -0.05) is 55.0 Å². The van der Waals surface area contributed by atoms with E-state index in [2.05, 4.69) is 17.6 Å². The van der Waals surface area contributed by atoms with Gasteiger partial charge in [-0.05, 0) is 64.2 Å². The summed E-state index contributed by atoms with van der Waals surface area (Å²) in [5.41, 5.74) is 2.75. The molecule has 7 heteroatoms. The Bertz CT molecular complexity index is 1040. The normalized spacial score (nSPS) is 17.9. The molecule has 3 unspecified atom stereocenters. The van der Waals surface area contributed by atoms with Crippen LogP contribution in [0.3, 0.4) is 0 Å². The molecule has 1 aliphatic carbocycles. The molecular weight excluding hydrogens is 430 g/mol.